The zero-order valence-electron chi connectivity index (χ0n) is 8.13. The number of aliphatic hydroxyl groups is 1. The first-order chi connectivity index (χ1) is 6.60. The topological polar surface area (TPSA) is 32.3 Å². The average Bonchev–Trinajstić information content (AvgIpc) is 2.48. The molecule has 1 aromatic rings. The fraction of sp³-hybridized carbons (Fsp3) is 0.455. The summed E-state index contributed by atoms with van der Waals surface area (Å²) in [7, 11) is 0. The third-order valence-corrected chi connectivity index (χ3v) is 2.85. The van der Waals surface area contributed by atoms with E-state index in [0.717, 1.165) is 5.56 Å². The number of nitrogens with one attached hydrogen (secondary N) is 1. The van der Waals surface area contributed by atoms with Crippen molar-refractivity contribution in [3.05, 3.63) is 35.6 Å². The molecule has 0 aromatic heterocycles. The third kappa shape index (κ3) is 1.65. The van der Waals surface area contributed by atoms with E-state index in [-0.39, 0.29) is 17.5 Å². The van der Waals surface area contributed by atoms with Gasteiger partial charge in [-0.05, 0) is 31.0 Å². The van der Waals surface area contributed by atoms with Crippen LogP contribution in [0.4, 0.5) is 4.39 Å². The molecule has 1 heterocycles. The SMILES string of the molecule is CC1(c2ccc(F)cc2)CC(O)CN1. The minimum atomic E-state index is -0.301. The van der Waals surface area contributed by atoms with Crippen LogP contribution in [0, 0.1) is 5.82 Å². The summed E-state index contributed by atoms with van der Waals surface area (Å²) in [5.74, 6) is -0.226. The van der Waals surface area contributed by atoms with E-state index in [9.17, 15) is 9.50 Å². The van der Waals surface area contributed by atoms with Gasteiger partial charge in [-0.3, -0.25) is 0 Å². The van der Waals surface area contributed by atoms with E-state index in [1.165, 1.54) is 12.1 Å². The lowest BCUT2D eigenvalue weighted by Gasteiger charge is -2.24. The van der Waals surface area contributed by atoms with Gasteiger partial charge in [0.1, 0.15) is 5.82 Å². The lowest BCUT2D eigenvalue weighted by Crippen LogP contribution is -2.32. The van der Waals surface area contributed by atoms with Crippen LogP contribution >= 0.6 is 0 Å². The smallest absolute Gasteiger partial charge is 0.123 e. The Morgan fingerprint density at radius 3 is 2.57 bits per heavy atom. The summed E-state index contributed by atoms with van der Waals surface area (Å²) >= 11 is 0. The molecule has 2 rings (SSSR count). The van der Waals surface area contributed by atoms with Gasteiger partial charge in [0.15, 0.2) is 0 Å². The molecule has 0 bridgehead atoms. The number of halogens is 1. The van der Waals surface area contributed by atoms with Crippen LogP contribution in [0.2, 0.25) is 0 Å². The van der Waals surface area contributed by atoms with Gasteiger partial charge < -0.3 is 10.4 Å². The van der Waals surface area contributed by atoms with Gasteiger partial charge in [-0.15, -0.1) is 0 Å². The first-order valence-corrected chi connectivity index (χ1v) is 4.79. The Kier molecular flexibility index (Phi) is 2.29. The third-order valence-electron chi connectivity index (χ3n) is 2.85. The lowest BCUT2D eigenvalue weighted by atomic mass is 9.90. The molecule has 0 spiro atoms. The van der Waals surface area contributed by atoms with Gasteiger partial charge >= 0.3 is 0 Å². The molecule has 0 aliphatic carbocycles. The van der Waals surface area contributed by atoms with Gasteiger partial charge in [-0.25, -0.2) is 4.39 Å². The predicted octanol–water partition coefficient (Wildman–Crippen LogP) is 1.40. The maximum Gasteiger partial charge on any atom is 0.123 e. The summed E-state index contributed by atoms with van der Waals surface area (Å²) in [5.41, 5.74) is 0.808. The maximum atomic E-state index is 12.7. The Morgan fingerprint density at radius 2 is 2.07 bits per heavy atom. The van der Waals surface area contributed by atoms with Gasteiger partial charge in [-0.2, -0.15) is 0 Å². The largest absolute Gasteiger partial charge is 0.392 e. The zero-order chi connectivity index (χ0) is 10.2. The van der Waals surface area contributed by atoms with Crippen LogP contribution in [-0.4, -0.2) is 17.8 Å². The molecule has 3 heteroatoms. The van der Waals surface area contributed by atoms with E-state index >= 15 is 0 Å². The number of hydrogen-bond acceptors (Lipinski definition) is 2. The van der Waals surface area contributed by atoms with E-state index in [2.05, 4.69) is 5.32 Å². The molecule has 76 valence electrons. The lowest BCUT2D eigenvalue weighted by molar-refractivity contribution is 0.186. The van der Waals surface area contributed by atoms with E-state index in [4.69, 9.17) is 0 Å². The molecule has 2 unspecified atom stereocenters. The first-order valence-electron chi connectivity index (χ1n) is 4.79. The highest BCUT2D eigenvalue weighted by molar-refractivity contribution is 5.25. The molecule has 1 aliphatic rings. The van der Waals surface area contributed by atoms with Crippen molar-refractivity contribution in [3.8, 4) is 0 Å². The van der Waals surface area contributed by atoms with Gasteiger partial charge in [-0.1, -0.05) is 12.1 Å². The van der Waals surface area contributed by atoms with Crippen molar-refractivity contribution >= 4 is 0 Å². The fourth-order valence-corrected chi connectivity index (χ4v) is 2.00. The maximum absolute atomic E-state index is 12.7. The van der Waals surface area contributed by atoms with Crippen molar-refractivity contribution in [1.29, 1.82) is 0 Å². The zero-order valence-corrected chi connectivity index (χ0v) is 8.13. The average molecular weight is 195 g/mol. The Hall–Kier alpha value is -0.930. The molecule has 2 atom stereocenters. The predicted molar refractivity (Wildman–Crippen MR) is 52.4 cm³/mol. The van der Waals surface area contributed by atoms with Crippen molar-refractivity contribution in [2.45, 2.75) is 25.0 Å². The molecule has 0 amide bonds. The van der Waals surface area contributed by atoms with Gasteiger partial charge in [0.25, 0.3) is 0 Å². The molecule has 1 saturated heterocycles. The van der Waals surface area contributed by atoms with Gasteiger partial charge in [0, 0.05) is 12.1 Å². The van der Waals surface area contributed by atoms with E-state index in [0.29, 0.717) is 13.0 Å². The Labute approximate surface area is 82.8 Å². The highest BCUT2D eigenvalue weighted by atomic mass is 19.1. The molecule has 0 radical (unpaired) electrons. The number of hydrogen-bond donors (Lipinski definition) is 2. The summed E-state index contributed by atoms with van der Waals surface area (Å²) in [6.07, 6.45) is 0.378. The molecule has 1 aliphatic heterocycles. The van der Waals surface area contributed by atoms with Gasteiger partial charge in [0.05, 0.1) is 6.10 Å². The first kappa shape index (κ1) is 9.62. The van der Waals surface area contributed by atoms with E-state index < -0.39 is 0 Å². The minimum absolute atomic E-state index is 0.215. The fourth-order valence-electron chi connectivity index (χ4n) is 2.00. The molecule has 2 N–H and O–H groups in total. The molecule has 1 aromatic carbocycles. The van der Waals surface area contributed by atoms with Crippen LogP contribution in [0.1, 0.15) is 18.9 Å². The summed E-state index contributed by atoms with van der Waals surface area (Å²) < 4.78 is 12.7. The standard InChI is InChI=1S/C11H14FNO/c1-11(6-10(14)7-13-11)8-2-4-9(12)5-3-8/h2-5,10,13-14H,6-7H2,1H3. The number of aliphatic hydroxyl groups excluding tert-OH is 1. The number of β-amino-alcohol motifs (C(OH)–C–C–N with tert-alkyl or cyclic N) is 1. The monoisotopic (exact) mass is 195 g/mol. The highest BCUT2D eigenvalue weighted by Crippen LogP contribution is 2.30. The number of benzene rings is 1. The van der Waals surface area contributed by atoms with Gasteiger partial charge in [0.2, 0.25) is 0 Å². The Bertz CT molecular complexity index is 325. The molecular weight excluding hydrogens is 181 g/mol. The summed E-state index contributed by atoms with van der Waals surface area (Å²) in [6.45, 7) is 2.63. The molecule has 1 fully saturated rings. The molecule has 14 heavy (non-hydrogen) atoms. The van der Waals surface area contributed by atoms with Crippen LogP contribution in [0.25, 0.3) is 0 Å². The summed E-state index contributed by atoms with van der Waals surface area (Å²) in [6, 6.07) is 6.43. The molecular formula is C11H14FNO. The van der Waals surface area contributed by atoms with Crippen LogP contribution in [0.15, 0.2) is 24.3 Å². The van der Waals surface area contributed by atoms with Crippen LogP contribution in [0.5, 0.6) is 0 Å². The summed E-state index contributed by atoms with van der Waals surface area (Å²) in [5, 5.41) is 12.7. The minimum Gasteiger partial charge on any atom is -0.392 e. The van der Waals surface area contributed by atoms with Crippen molar-refractivity contribution in [1.82, 2.24) is 5.32 Å². The van der Waals surface area contributed by atoms with Crippen LogP contribution in [-0.2, 0) is 5.54 Å². The Morgan fingerprint density at radius 1 is 1.43 bits per heavy atom. The quantitative estimate of drug-likeness (QED) is 0.710. The van der Waals surface area contributed by atoms with Crippen molar-refractivity contribution in [2.24, 2.45) is 0 Å². The van der Waals surface area contributed by atoms with Crippen LogP contribution in [0.3, 0.4) is 0 Å². The van der Waals surface area contributed by atoms with E-state index in [1.54, 1.807) is 12.1 Å². The number of rotatable bonds is 1. The molecule has 2 nitrogen and oxygen atoms in total. The second-order valence-corrected chi connectivity index (χ2v) is 4.08. The second kappa shape index (κ2) is 3.33. The second-order valence-electron chi connectivity index (χ2n) is 4.08. The summed E-state index contributed by atoms with van der Waals surface area (Å²) in [4.78, 5) is 0. The van der Waals surface area contributed by atoms with Crippen molar-refractivity contribution < 1.29 is 9.50 Å². The van der Waals surface area contributed by atoms with Crippen LogP contribution < -0.4 is 5.32 Å². The molecule has 0 saturated carbocycles. The van der Waals surface area contributed by atoms with E-state index in [1.807, 2.05) is 6.92 Å². The van der Waals surface area contributed by atoms with Crippen molar-refractivity contribution in [2.75, 3.05) is 6.54 Å². The highest BCUT2D eigenvalue weighted by Gasteiger charge is 2.34. The Balaban J connectivity index is 2.26. The van der Waals surface area contributed by atoms with Crippen molar-refractivity contribution in [3.63, 3.8) is 0 Å². The normalized spacial score (nSPS) is 32.1.